The van der Waals surface area contributed by atoms with Gasteiger partial charge in [0.1, 0.15) is 0 Å². The fourth-order valence-corrected chi connectivity index (χ4v) is 2.54. The molecule has 2 nitrogen and oxygen atoms in total. The molecule has 0 radical (unpaired) electrons. The van der Waals surface area contributed by atoms with Crippen molar-refractivity contribution in [1.82, 2.24) is 4.90 Å². The average molecular weight is 283 g/mol. The average Bonchev–Trinajstić information content (AvgIpc) is 2.83. The van der Waals surface area contributed by atoms with Gasteiger partial charge in [0.15, 0.2) is 0 Å². The minimum absolute atomic E-state index is 0. The van der Waals surface area contributed by atoms with Crippen LogP contribution in [0.2, 0.25) is 0 Å². The smallest absolute Gasteiger partial charge is 0.0246 e. The van der Waals surface area contributed by atoms with Crippen LogP contribution < -0.4 is 5.73 Å². The topological polar surface area (TPSA) is 29.3 Å². The summed E-state index contributed by atoms with van der Waals surface area (Å²) in [6, 6.07) is 12.7. The first-order chi connectivity index (χ1) is 8.38. The highest BCUT2D eigenvalue weighted by Gasteiger charge is 2.06. The zero-order valence-corrected chi connectivity index (χ0v) is 11.9. The van der Waals surface area contributed by atoms with Crippen LogP contribution in [0, 0.1) is 0 Å². The largest absolute Gasteiger partial charge is 0.329 e. The van der Waals surface area contributed by atoms with E-state index in [0.717, 1.165) is 19.6 Å². The summed E-state index contributed by atoms with van der Waals surface area (Å²) in [5, 5.41) is 4.33. The van der Waals surface area contributed by atoms with Gasteiger partial charge in [0, 0.05) is 26.2 Å². The van der Waals surface area contributed by atoms with Crippen molar-refractivity contribution >= 4 is 23.7 Å². The van der Waals surface area contributed by atoms with E-state index in [0.29, 0.717) is 6.54 Å². The van der Waals surface area contributed by atoms with E-state index in [2.05, 4.69) is 52.1 Å². The molecule has 98 valence electrons. The number of nitrogens with two attached hydrogens (primary N) is 1. The number of hydrogen-bond acceptors (Lipinski definition) is 3. The van der Waals surface area contributed by atoms with E-state index in [-0.39, 0.29) is 12.4 Å². The van der Waals surface area contributed by atoms with Crippen LogP contribution in [-0.2, 0) is 13.1 Å². The molecule has 0 saturated carbocycles. The molecular weight excluding hydrogens is 264 g/mol. The van der Waals surface area contributed by atoms with Crippen molar-refractivity contribution in [1.29, 1.82) is 0 Å². The number of nitrogens with zero attached hydrogens (tertiary/aromatic N) is 1. The number of halogens is 1. The lowest BCUT2D eigenvalue weighted by atomic mass is 10.2. The molecule has 0 spiro atoms. The molecule has 1 heterocycles. The summed E-state index contributed by atoms with van der Waals surface area (Å²) >= 11 is 1.75. The van der Waals surface area contributed by atoms with Crippen LogP contribution in [-0.4, -0.2) is 18.0 Å². The van der Waals surface area contributed by atoms with Crippen LogP contribution in [0.15, 0.2) is 47.2 Å². The molecule has 0 aliphatic carbocycles. The second kappa shape index (κ2) is 8.27. The zero-order chi connectivity index (χ0) is 11.9. The molecule has 1 aromatic carbocycles. The van der Waals surface area contributed by atoms with Gasteiger partial charge < -0.3 is 5.73 Å². The molecule has 0 fully saturated rings. The van der Waals surface area contributed by atoms with Gasteiger partial charge in [-0.1, -0.05) is 30.3 Å². The van der Waals surface area contributed by atoms with Crippen molar-refractivity contribution in [2.45, 2.75) is 13.1 Å². The normalized spacial score (nSPS) is 10.3. The van der Waals surface area contributed by atoms with Gasteiger partial charge in [-0.2, -0.15) is 11.3 Å². The summed E-state index contributed by atoms with van der Waals surface area (Å²) in [7, 11) is 0. The summed E-state index contributed by atoms with van der Waals surface area (Å²) < 4.78 is 0. The minimum Gasteiger partial charge on any atom is -0.329 e. The molecule has 0 unspecified atom stereocenters. The Labute approximate surface area is 119 Å². The Hall–Kier alpha value is -0.870. The lowest BCUT2D eigenvalue weighted by Gasteiger charge is -2.21. The van der Waals surface area contributed by atoms with Crippen LogP contribution in [0.4, 0.5) is 0 Å². The fraction of sp³-hybridized carbons (Fsp3) is 0.286. The monoisotopic (exact) mass is 282 g/mol. The molecule has 2 rings (SSSR count). The summed E-state index contributed by atoms with van der Waals surface area (Å²) in [4.78, 5) is 2.39. The predicted octanol–water partition coefficient (Wildman–Crippen LogP) is 3.13. The quantitative estimate of drug-likeness (QED) is 0.882. The maximum absolute atomic E-state index is 5.67. The first-order valence-corrected chi connectivity index (χ1v) is 6.80. The van der Waals surface area contributed by atoms with Gasteiger partial charge in [-0.15, -0.1) is 12.4 Å². The predicted molar refractivity (Wildman–Crippen MR) is 81.2 cm³/mol. The molecule has 0 bridgehead atoms. The van der Waals surface area contributed by atoms with E-state index in [1.165, 1.54) is 11.1 Å². The van der Waals surface area contributed by atoms with Gasteiger partial charge in [-0.25, -0.2) is 0 Å². The highest BCUT2D eigenvalue weighted by atomic mass is 35.5. The minimum atomic E-state index is 0. The molecule has 18 heavy (non-hydrogen) atoms. The van der Waals surface area contributed by atoms with E-state index >= 15 is 0 Å². The summed E-state index contributed by atoms with van der Waals surface area (Å²) in [6.45, 7) is 3.59. The van der Waals surface area contributed by atoms with Crippen LogP contribution in [0.3, 0.4) is 0 Å². The molecule has 0 atom stereocenters. The second-order valence-corrected chi connectivity index (χ2v) is 4.90. The SMILES string of the molecule is Cl.NCCN(Cc1ccccc1)Cc1ccsc1. The van der Waals surface area contributed by atoms with Crippen molar-refractivity contribution in [3.63, 3.8) is 0 Å². The summed E-state index contributed by atoms with van der Waals surface area (Å²) in [5.74, 6) is 0. The van der Waals surface area contributed by atoms with Gasteiger partial charge >= 0.3 is 0 Å². The summed E-state index contributed by atoms with van der Waals surface area (Å²) in [5.41, 5.74) is 8.39. The summed E-state index contributed by atoms with van der Waals surface area (Å²) in [6.07, 6.45) is 0. The van der Waals surface area contributed by atoms with Crippen molar-refractivity contribution in [3.8, 4) is 0 Å². The molecule has 4 heteroatoms. The number of benzene rings is 1. The molecule has 0 aliphatic heterocycles. The molecule has 0 amide bonds. The van der Waals surface area contributed by atoms with Crippen LogP contribution in [0.1, 0.15) is 11.1 Å². The van der Waals surface area contributed by atoms with Crippen molar-refractivity contribution in [3.05, 3.63) is 58.3 Å². The third-order valence-corrected chi connectivity index (χ3v) is 3.41. The number of rotatable bonds is 6. The molecule has 1 aromatic heterocycles. The lowest BCUT2D eigenvalue weighted by molar-refractivity contribution is 0.265. The first kappa shape index (κ1) is 15.2. The fourth-order valence-electron chi connectivity index (χ4n) is 1.88. The Bertz CT molecular complexity index is 417. The van der Waals surface area contributed by atoms with Gasteiger partial charge in [-0.3, -0.25) is 4.90 Å². The Morgan fingerprint density at radius 3 is 2.33 bits per heavy atom. The Morgan fingerprint density at radius 2 is 1.72 bits per heavy atom. The second-order valence-electron chi connectivity index (χ2n) is 4.12. The Balaban J connectivity index is 0.00000162. The lowest BCUT2D eigenvalue weighted by Crippen LogP contribution is -2.28. The van der Waals surface area contributed by atoms with E-state index < -0.39 is 0 Å². The van der Waals surface area contributed by atoms with Crippen molar-refractivity contribution in [2.24, 2.45) is 5.73 Å². The van der Waals surface area contributed by atoms with E-state index in [1.54, 1.807) is 11.3 Å². The third kappa shape index (κ3) is 4.78. The molecule has 0 saturated heterocycles. The van der Waals surface area contributed by atoms with Crippen LogP contribution in [0.25, 0.3) is 0 Å². The van der Waals surface area contributed by atoms with E-state index in [1.807, 2.05) is 0 Å². The maximum atomic E-state index is 5.67. The van der Waals surface area contributed by atoms with Gasteiger partial charge in [-0.05, 0) is 28.0 Å². The third-order valence-electron chi connectivity index (χ3n) is 2.68. The van der Waals surface area contributed by atoms with E-state index in [9.17, 15) is 0 Å². The molecule has 2 N–H and O–H groups in total. The van der Waals surface area contributed by atoms with Gasteiger partial charge in [0.05, 0.1) is 0 Å². The number of thiophene rings is 1. The number of hydrogen-bond donors (Lipinski definition) is 1. The van der Waals surface area contributed by atoms with Gasteiger partial charge in [0.2, 0.25) is 0 Å². The van der Waals surface area contributed by atoms with Crippen LogP contribution >= 0.6 is 23.7 Å². The van der Waals surface area contributed by atoms with E-state index in [4.69, 9.17) is 5.73 Å². The van der Waals surface area contributed by atoms with Crippen molar-refractivity contribution in [2.75, 3.05) is 13.1 Å². The van der Waals surface area contributed by atoms with Gasteiger partial charge in [0.25, 0.3) is 0 Å². The van der Waals surface area contributed by atoms with Crippen LogP contribution in [0.5, 0.6) is 0 Å². The molecule has 2 aromatic rings. The molecular formula is C14H19ClN2S. The Kier molecular flexibility index (Phi) is 6.98. The Morgan fingerprint density at radius 1 is 1.00 bits per heavy atom. The van der Waals surface area contributed by atoms with Crippen molar-refractivity contribution < 1.29 is 0 Å². The maximum Gasteiger partial charge on any atom is 0.0246 e. The first-order valence-electron chi connectivity index (χ1n) is 5.86. The highest BCUT2D eigenvalue weighted by molar-refractivity contribution is 7.07. The highest BCUT2D eigenvalue weighted by Crippen LogP contribution is 2.12. The standard InChI is InChI=1S/C14H18N2S.ClH/c15-7-8-16(11-14-6-9-17-12-14)10-13-4-2-1-3-5-13;/h1-6,9,12H,7-8,10-11,15H2;1H. The molecule has 0 aliphatic rings. The zero-order valence-electron chi connectivity index (χ0n) is 10.3.